The lowest BCUT2D eigenvalue weighted by Gasteiger charge is -2.39. The molecule has 3 rings (SSSR count). The third-order valence-corrected chi connectivity index (χ3v) is 7.20. The number of hydrogen-bond acceptors (Lipinski definition) is 7. The summed E-state index contributed by atoms with van der Waals surface area (Å²) in [7, 11) is 6.24. The van der Waals surface area contributed by atoms with Crippen LogP contribution in [0.5, 0.6) is 0 Å². The Morgan fingerprint density at radius 1 is 1.42 bits per heavy atom. The first-order valence-electron chi connectivity index (χ1n) is 10.8. The van der Waals surface area contributed by atoms with Crippen molar-refractivity contribution in [3.63, 3.8) is 0 Å². The van der Waals surface area contributed by atoms with Gasteiger partial charge in [-0.3, -0.25) is 4.98 Å². The molecule has 0 bridgehead atoms. The van der Waals surface area contributed by atoms with Crippen LogP contribution in [0.25, 0.3) is 5.57 Å². The maximum absolute atomic E-state index is 4.89. The second kappa shape index (κ2) is 10.2. The first kappa shape index (κ1) is 23.2. The number of likely N-dealkylation sites (tertiary alicyclic amines) is 1. The summed E-state index contributed by atoms with van der Waals surface area (Å²) in [5.74, 6) is 0. The van der Waals surface area contributed by atoms with E-state index in [4.69, 9.17) is 9.98 Å². The van der Waals surface area contributed by atoms with Gasteiger partial charge in [-0.05, 0) is 52.8 Å². The molecule has 2 unspecified atom stereocenters. The van der Waals surface area contributed by atoms with Gasteiger partial charge in [0.15, 0.2) is 5.13 Å². The van der Waals surface area contributed by atoms with E-state index in [1.807, 2.05) is 39.4 Å². The number of aromatic nitrogens is 2. The highest BCUT2D eigenvalue weighted by Gasteiger charge is 2.27. The van der Waals surface area contributed by atoms with Gasteiger partial charge in [-0.1, -0.05) is 24.0 Å². The zero-order valence-corrected chi connectivity index (χ0v) is 20.3. The van der Waals surface area contributed by atoms with E-state index in [0.29, 0.717) is 12.1 Å². The van der Waals surface area contributed by atoms with Crippen LogP contribution in [0.3, 0.4) is 0 Å². The van der Waals surface area contributed by atoms with E-state index < -0.39 is 0 Å². The summed E-state index contributed by atoms with van der Waals surface area (Å²) in [5.41, 5.74) is 4.75. The number of hydrogen-bond donors (Lipinski definition) is 1. The standard InChI is InChI=1S/C24H34N6S/c1-8-19(14-25-5)22-10-9-20(15-26-22)17(3)27-23-18(4)28-24(31-23)30(7)21-11-12-29(6)16(2)13-21/h8-10,14-16,21,25H,1,11-13H2,2-7H3/b19-14+,27-17+. The first-order valence-corrected chi connectivity index (χ1v) is 11.6. The molecule has 0 radical (unpaired) electrons. The Labute approximate surface area is 190 Å². The van der Waals surface area contributed by atoms with Gasteiger partial charge in [0, 0.05) is 62.0 Å². The SMILES string of the molecule is C=C/C(=C\NC)c1ccc(/C(C)=N/c2sc(N(C)C3CCN(C)C(C)C3)nc2C)cn1. The maximum Gasteiger partial charge on any atom is 0.187 e. The summed E-state index contributed by atoms with van der Waals surface area (Å²) >= 11 is 1.67. The van der Waals surface area contributed by atoms with E-state index in [1.54, 1.807) is 17.4 Å². The molecule has 0 spiro atoms. The molecule has 2 aromatic heterocycles. The normalized spacial score (nSPS) is 20.6. The van der Waals surface area contributed by atoms with Crippen molar-refractivity contribution in [3.05, 3.63) is 54.1 Å². The number of thiazole rings is 1. The minimum atomic E-state index is 0.524. The van der Waals surface area contributed by atoms with Crippen LogP contribution in [0.1, 0.15) is 43.6 Å². The van der Waals surface area contributed by atoms with Crippen LogP contribution in [0.2, 0.25) is 0 Å². The molecule has 2 aromatic rings. The van der Waals surface area contributed by atoms with Crippen LogP contribution in [0, 0.1) is 6.92 Å². The van der Waals surface area contributed by atoms with Gasteiger partial charge in [0.2, 0.25) is 0 Å². The molecule has 1 N–H and O–H groups in total. The highest BCUT2D eigenvalue weighted by molar-refractivity contribution is 7.19. The second-order valence-corrected chi connectivity index (χ2v) is 9.18. The lowest BCUT2D eigenvalue weighted by atomic mass is 9.98. The average molecular weight is 439 g/mol. The number of rotatable bonds is 7. The molecule has 3 heterocycles. The maximum atomic E-state index is 4.89. The lowest BCUT2D eigenvalue weighted by molar-refractivity contribution is 0.181. The van der Waals surface area contributed by atoms with Gasteiger partial charge < -0.3 is 15.1 Å². The molecule has 166 valence electrons. The predicted molar refractivity (Wildman–Crippen MR) is 134 cm³/mol. The van der Waals surface area contributed by atoms with E-state index in [-0.39, 0.29) is 0 Å². The Kier molecular flexibility index (Phi) is 7.62. The number of allylic oxidation sites excluding steroid dienone is 2. The predicted octanol–water partition coefficient (Wildman–Crippen LogP) is 4.65. The first-order chi connectivity index (χ1) is 14.8. The highest BCUT2D eigenvalue weighted by atomic mass is 32.1. The van der Waals surface area contributed by atoms with Gasteiger partial charge >= 0.3 is 0 Å². The van der Waals surface area contributed by atoms with Crippen LogP contribution < -0.4 is 10.2 Å². The molecular formula is C24H34N6S. The van der Waals surface area contributed by atoms with Crippen LogP contribution in [0.4, 0.5) is 10.1 Å². The Morgan fingerprint density at radius 2 is 2.19 bits per heavy atom. The smallest absolute Gasteiger partial charge is 0.187 e. The molecular weight excluding hydrogens is 404 g/mol. The Bertz CT molecular complexity index is 959. The molecule has 0 amide bonds. The van der Waals surface area contributed by atoms with Crippen molar-refractivity contribution in [1.29, 1.82) is 0 Å². The molecule has 1 fully saturated rings. The highest BCUT2D eigenvalue weighted by Crippen LogP contribution is 2.35. The second-order valence-electron chi connectivity index (χ2n) is 8.23. The van der Waals surface area contributed by atoms with Crippen molar-refractivity contribution in [3.8, 4) is 0 Å². The number of anilines is 1. The number of aliphatic imine (C=N–C) groups is 1. The van der Waals surface area contributed by atoms with Gasteiger partial charge in [-0.15, -0.1) is 0 Å². The van der Waals surface area contributed by atoms with Gasteiger partial charge in [0.1, 0.15) is 5.00 Å². The molecule has 1 aliphatic heterocycles. The number of aryl methyl sites for hydroxylation is 1. The molecule has 31 heavy (non-hydrogen) atoms. The topological polar surface area (TPSA) is 56.7 Å². The molecule has 0 saturated carbocycles. The van der Waals surface area contributed by atoms with Crippen molar-refractivity contribution < 1.29 is 0 Å². The molecule has 2 atom stereocenters. The summed E-state index contributed by atoms with van der Waals surface area (Å²) in [6.45, 7) is 11.3. The fourth-order valence-corrected chi connectivity index (χ4v) is 4.81. The van der Waals surface area contributed by atoms with Crippen LogP contribution in [-0.4, -0.2) is 60.4 Å². The zero-order valence-electron chi connectivity index (χ0n) is 19.5. The monoisotopic (exact) mass is 438 g/mol. The fourth-order valence-electron chi connectivity index (χ4n) is 3.79. The van der Waals surface area contributed by atoms with E-state index in [9.17, 15) is 0 Å². The van der Waals surface area contributed by atoms with Gasteiger partial charge in [-0.25, -0.2) is 9.98 Å². The Balaban J connectivity index is 1.77. The molecule has 7 heteroatoms. The fraction of sp³-hybridized carbons (Fsp3) is 0.458. The minimum absolute atomic E-state index is 0.524. The summed E-state index contributed by atoms with van der Waals surface area (Å²) < 4.78 is 0. The van der Waals surface area contributed by atoms with Crippen molar-refractivity contribution in [1.82, 2.24) is 20.2 Å². The third-order valence-electron chi connectivity index (χ3n) is 6.06. The van der Waals surface area contributed by atoms with E-state index in [2.05, 4.69) is 53.8 Å². The van der Waals surface area contributed by atoms with Crippen LogP contribution in [0.15, 0.2) is 42.2 Å². The summed E-state index contributed by atoms with van der Waals surface area (Å²) in [6.07, 6.45) is 7.88. The largest absolute Gasteiger partial charge is 0.393 e. The van der Waals surface area contributed by atoms with E-state index in [0.717, 1.165) is 51.3 Å². The average Bonchev–Trinajstić information content (AvgIpc) is 3.13. The molecule has 0 aromatic carbocycles. The molecule has 1 aliphatic rings. The zero-order chi connectivity index (χ0) is 22.5. The van der Waals surface area contributed by atoms with Crippen LogP contribution >= 0.6 is 11.3 Å². The minimum Gasteiger partial charge on any atom is -0.393 e. The van der Waals surface area contributed by atoms with Crippen molar-refractivity contribution in [2.45, 2.75) is 45.7 Å². The van der Waals surface area contributed by atoms with E-state index >= 15 is 0 Å². The third kappa shape index (κ3) is 5.40. The Hall–Kier alpha value is -2.51. The number of piperidine rings is 1. The number of nitrogens with zero attached hydrogens (tertiary/aromatic N) is 5. The van der Waals surface area contributed by atoms with Crippen molar-refractivity contribution in [2.75, 3.05) is 32.6 Å². The van der Waals surface area contributed by atoms with Crippen molar-refractivity contribution in [2.24, 2.45) is 4.99 Å². The Morgan fingerprint density at radius 3 is 2.81 bits per heavy atom. The van der Waals surface area contributed by atoms with Gasteiger partial charge in [0.05, 0.1) is 11.4 Å². The summed E-state index contributed by atoms with van der Waals surface area (Å²) in [4.78, 5) is 19.1. The summed E-state index contributed by atoms with van der Waals surface area (Å²) in [5, 5.41) is 5.04. The van der Waals surface area contributed by atoms with Crippen molar-refractivity contribution >= 4 is 32.8 Å². The van der Waals surface area contributed by atoms with Gasteiger partial charge in [0.25, 0.3) is 0 Å². The number of nitrogens with one attached hydrogen (secondary N) is 1. The molecule has 6 nitrogen and oxygen atoms in total. The molecule has 0 aliphatic carbocycles. The quantitative estimate of drug-likeness (QED) is 0.504. The number of pyridine rings is 1. The van der Waals surface area contributed by atoms with Crippen LogP contribution in [-0.2, 0) is 0 Å². The van der Waals surface area contributed by atoms with Gasteiger partial charge in [-0.2, -0.15) is 0 Å². The van der Waals surface area contributed by atoms with E-state index in [1.165, 1.54) is 6.42 Å². The molecule has 1 saturated heterocycles. The lowest BCUT2D eigenvalue weighted by Crippen LogP contribution is -2.46. The summed E-state index contributed by atoms with van der Waals surface area (Å²) in [6, 6.07) is 5.18.